The van der Waals surface area contributed by atoms with Crippen LogP contribution in [0, 0.1) is 11.6 Å². The molecule has 1 heterocycles. The second-order valence-corrected chi connectivity index (χ2v) is 9.48. The minimum Gasteiger partial charge on any atom is -0.346 e. The maximum absolute atomic E-state index is 14.2. The van der Waals surface area contributed by atoms with E-state index in [1.807, 2.05) is 30.7 Å². The third-order valence-electron chi connectivity index (χ3n) is 4.76. The minimum atomic E-state index is -3.84. The van der Waals surface area contributed by atoms with Gasteiger partial charge in [0.1, 0.15) is 5.69 Å². The number of benzene rings is 2. The number of carbonyl (C=O) groups excluding carboxylic acids is 1. The molecule has 0 saturated carbocycles. The molecule has 0 aliphatic rings. The van der Waals surface area contributed by atoms with Crippen LogP contribution >= 0.6 is 0 Å². The first kappa shape index (κ1) is 22.6. The van der Waals surface area contributed by atoms with Gasteiger partial charge in [-0.05, 0) is 54.8 Å². The number of anilines is 1. The van der Waals surface area contributed by atoms with Gasteiger partial charge in [0.25, 0.3) is 5.91 Å². The van der Waals surface area contributed by atoms with Gasteiger partial charge in [-0.15, -0.1) is 0 Å². The Bertz CT molecular complexity index is 1240. The Morgan fingerprint density at radius 1 is 1.00 bits per heavy atom. The number of fused-ring (bicyclic) bond motifs is 1. The van der Waals surface area contributed by atoms with Gasteiger partial charge in [-0.1, -0.05) is 19.9 Å². The van der Waals surface area contributed by atoms with Gasteiger partial charge in [-0.3, -0.25) is 14.5 Å². The number of aromatic nitrogens is 1. The SMILES string of the molecule is CC(C)c1ccc2cc(C(=O)N[C@H](C)c3cc(F)c(NS(C)(=O)=O)c(F)c3)ccc2n1. The Kier molecular flexibility index (Phi) is 6.26. The van der Waals surface area contributed by atoms with E-state index in [1.54, 1.807) is 25.1 Å². The van der Waals surface area contributed by atoms with Crippen LogP contribution in [0.4, 0.5) is 14.5 Å². The summed E-state index contributed by atoms with van der Waals surface area (Å²) in [6.45, 7) is 5.67. The van der Waals surface area contributed by atoms with Gasteiger partial charge in [0.05, 0.1) is 17.8 Å². The van der Waals surface area contributed by atoms with E-state index in [4.69, 9.17) is 0 Å². The number of rotatable bonds is 6. The summed E-state index contributed by atoms with van der Waals surface area (Å²) in [6, 6.07) is 10.2. The highest BCUT2D eigenvalue weighted by molar-refractivity contribution is 7.92. The van der Waals surface area contributed by atoms with Gasteiger partial charge >= 0.3 is 0 Å². The molecule has 164 valence electrons. The minimum absolute atomic E-state index is 0.159. The van der Waals surface area contributed by atoms with Gasteiger partial charge < -0.3 is 5.32 Å². The summed E-state index contributed by atoms with van der Waals surface area (Å²) in [5.41, 5.74) is 1.51. The van der Waals surface area contributed by atoms with Crippen molar-refractivity contribution < 1.29 is 22.0 Å². The number of hydrogen-bond donors (Lipinski definition) is 2. The highest BCUT2D eigenvalue weighted by atomic mass is 32.2. The Morgan fingerprint density at radius 2 is 1.65 bits per heavy atom. The number of amides is 1. The summed E-state index contributed by atoms with van der Waals surface area (Å²) in [7, 11) is -3.84. The van der Waals surface area contributed by atoms with Crippen LogP contribution in [0.3, 0.4) is 0 Å². The Hall–Kier alpha value is -3.07. The molecule has 0 fully saturated rings. The van der Waals surface area contributed by atoms with E-state index in [9.17, 15) is 22.0 Å². The van der Waals surface area contributed by atoms with Crippen LogP contribution in [-0.2, 0) is 10.0 Å². The molecular weight excluding hydrogens is 424 g/mol. The third-order valence-corrected chi connectivity index (χ3v) is 5.34. The lowest BCUT2D eigenvalue weighted by molar-refractivity contribution is 0.0940. The molecular formula is C22H23F2N3O3S. The van der Waals surface area contributed by atoms with E-state index in [-0.39, 0.29) is 11.5 Å². The van der Waals surface area contributed by atoms with Crippen molar-refractivity contribution in [1.82, 2.24) is 10.3 Å². The lowest BCUT2D eigenvalue weighted by atomic mass is 10.0. The summed E-state index contributed by atoms with van der Waals surface area (Å²) >= 11 is 0. The first-order valence-corrected chi connectivity index (χ1v) is 11.5. The Labute approximate surface area is 179 Å². The van der Waals surface area contributed by atoms with E-state index < -0.39 is 39.3 Å². The van der Waals surface area contributed by atoms with E-state index in [2.05, 4.69) is 10.3 Å². The fourth-order valence-corrected chi connectivity index (χ4v) is 3.66. The lowest BCUT2D eigenvalue weighted by Gasteiger charge is -2.16. The highest BCUT2D eigenvalue weighted by Gasteiger charge is 2.19. The smallest absolute Gasteiger partial charge is 0.251 e. The third kappa shape index (κ3) is 5.35. The summed E-state index contributed by atoms with van der Waals surface area (Å²) in [6.07, 6.45) is 0.797. The van der Waals surface area contributed by atoms with E-state index in [0.717, 1.165) is 35.0 Å². The monoisotopic (exact) mass is 447 g/mol. The molecule has 0 spiro atoms. The van der Waals surface area contributed by atoms with Crippen LogP contribution in [0.25, 0.3) is 10.9 Å². The molecule has 3 aromatic rings. The van der Waals surface area contributed by atoms with Crippen molar-refractivity contribution in [2.45, 2.75) is 32.7 Å². The molecule has 3 rings (SSSR count). The van der Waals surface area contributed by atoms with Crippen molar-refractivity contribution in [3.63, 3.8) is 0 Å². The van der Waals surface area contributed by atoms with Gasteiger partial charge in [0.15, 0.2) is 11.6 Å². The molecule has 1 amide bonds. The van der Waals surface area contributed by atoms with Crippen molar-refractivity contribution in [2.24, 2.45) is 0 Å². The second-order valence-electron chi connectivity index (χ2n) is 7.73. The molecule has 31 heavy (non-hydrogen) atoms. The van der Waals surface area contributed by atoms with Gasteiger partial charge in [-0.2, -0.15) is 0 Å². The number of hydrogen-bond acceptors (Lipinski definition) is 4. The lowest BCUT2D eigenvalue weighted by Crippen LogP contribution is -2.27. The fourth-order valence-electron chi connectivity index (χ4n) is 3.09. The molecule has 0 unspecified atom stereocenters. The maximum Gasteiger partial charge on any atom is 0.251 e. The van der Waals surface area contributed by atoms with Crippen LogP contribution in [-0.4, -0.2) is 25.6 Å². The molecule has 6 nitrogen and oxygen atoms in total. The molecule has 1 aromatic heterocycles. The van der Waals surface area contributed by atoms with E-state index >= 15 is 0 Å². The fraction of sp³-hybridized carbons (Fsp3) is 0.273. The predicted octanol–water partition coefficient (Wildman–Crippen LogP) is 4.50. The zero-order valence-electron chi connectivity index (χ0n) is 17.5. The largest absolute Gasteiger partial charge is 0.346 e. The van der Waals surface area contributed by atoms with Crippen molar-refractivity contribution in [2.75, 3.05) is 11.0 Å². The number of halogens is 2. The number of nitrogens with zero attached hydrogens (tertiary/aromatic N) is 1. The molecule has 0 saturated heterocycles. The summed E-state index contributed by atoms with van der Waals surface area (Å²) in [4.78, 5) is 17.2. The average molecular weight is 448 g/mol. The zero-order chi connectivity index (χ0) is 22.9. The maximum atomic E-state index is 14.2. The van der Waals surface area contributed by atoms with Gasteiger partial charge in [0, 0.05) is 16.6 Å². The summed E-state index contributed by atoms with van der Waals surface area (Å²) < 4.78 is 52.8. The van der Waals surface area contributed by atoms with Crippen LogP contribution < -0.4 is 10.0 Å². The second kappa shape index (κ2) is 8.58. The summed E-state index contributed by atoms with van der Waals surface area (Å²) in [5.74, 6) is -2.27. The average Bonchev–Trinajstić information content (AvgIpc) is 2.68. The molecule has 1 atom stereocenters. The van der Waals surface area contributed by atoms with Crippen molar-refractivity contribution >= 4 is 32.5 Å². The molecule has 0 radical (unpaired) electrons. The summed E-state index contributed by atoms with van der Waals surface area (Å²) in [5, 5.41) is 3.50. The van der Waals surface area contributed by atoms with Crippen molar-refractivity contribution in [3.05, 3.63) is 70.9 Å². The van der Waals surface area contributed by atoms with Crippen LogP contribution in [0.15, 0.2) is 42.5 Å². The zero-order valence-corrected chi connectivity index (χ0v) is 18.3. The quantitative estimate of drug-likeness (QED) is 0.582. The molecule has 2 N–H and O–H groups in total. The predicted molar refractivity (Wildman–Crippen MR) is 117 cm³/mol. The van der Waals surface area contributed by atoms with Crippen LogP contribution in [0.2, 0.25) is 0 Å². The first-order chi connectivity index (χ1) is 14.4. The molecule has 0 aliphatic heterocycles. The van der Waals surface area contributed by atoms with Gasteiger partial charge in [-0.25, -0.2) is 17.2 Å². The topological polar surface area (TPSA) is 88.2 Å². The molecule has 0 bridgehead atoms. The number of pyridine rings is 1. The highest BCUT2D eigenvalue weighted by Crippen LogP contribution is 2.25. The normalized spacial score (nSPS) is 12.7. The van der Waals surface area contributed by atoms with Gasteiger partial charge in [0.2, 0.25) is 10.0 Å². The van der Waals surface area contributed by atoms with Crippen molar-refractivity contribution in [1.29, 1.82) is 0 Å². The van der Waals surface area contributed by atoms with Crippen LogP contribution in [0.5, 0.6) is 0 Å². The van der Waals surface area contributed by atoms with E-state index in [0.29, 0.717) is 5.56 Å². The molecule has 2 aromatic carbocycles. The number of nitrogens with one attached hydrogen (secondary N) is 2. The van der Waals surface area contributed by atoms with Crippen molar-refractivity contribution in [3.8, 4) is 0 Å². The van der Waals surface area contributed by atoms with E-state index in [1.165, 1.54) is 0 Å². The Balaban J connectivity index is 1.81. The number of sulfonamides is 1. The number of carbonyl (C=O) groups is 1. The Morgan fingerprint density at radius 3 is 2.23 bits per heavy atom. The first-order valence-electron chi connectivity index (χ1n) is 9.63. The standard InChI is InChI=1S/C22H23F2N3O3S/c1-12(2)19-7-5-14-9-15(6-8-20(14)26-19)22(28)25-13(3)16-10-17(23)21(18(24)11-16)27-31(4,29)30/h5-13,27H,1-4H3,(H,25,28)/t13-/m1/s1. The van der Waals surface area contributed by atoms with Crippen LogP contribution in [0.1, 0.15) is 54.3 Å². The molecule has 9 heteroatoms. The molecule has 0 aliphatic carbocycles.